The van der Waals surface area contributed by atoms with E-state index in [1.807, 2.05) is 52.8 Å². The van der Waals surface area contributed by atoms with E-state index in [0.29, 0.717) is 11.3 Å². The Morgan fingerprint density at radius 1 is 1.05 bits per heavy atom. The Morgan fingerprint density at radius 3 is 1.95 bits per heavy atom. The van der Waals surface area contributed by atoms with E-state index < -0.39 is 0 Å². The fraction of sp³-hybridized carbons (Fsp3) is 0.278. The van der Waals surface area contributed by atoms with Gasteiger partial charge in [-0.3, -0.25) is 4.79 Å². The molecule has 0 atom stereocenters. The molecule has 0 saturated heterocycles. The first kappa shape index (κ1) is 23.0. The zero-order valence-corrected chi connectivity index (χ0v) is 13.6. The van der Waals surface area contributed by atoms with Gasteiger partial charge in [0.2, 0.25) is 0 Å². The molecule has 0 rings (SSSR count). The van der Waals surface area contributed by atoms with Crippen LogP contribution in [0.2, 0.25) is 0 Å². The number of allylic oxidation sites excluding steroid dienone is 6. The molecule has 0 unspecified atom stereocenters. The molecule has 0 bridgehead atoms. The van der Waals surface area contributed by atoms with Gasteiger partial charge in [-0.2, -0.15) is 0 Å². The summed E-state index contributed by atoms with van der Waals surface area (Å²) in [5.41, 5.74) is 1.32. The zero-order valence-electron chi connectivity index (χ0n) is 13.6. The van der Waals surface area contributed by atoms with Gasteiger partial charge < -0.3 is 5.32 Å². The largest absolute Gasteiger partial charge is 0.322 e. The lowest BCUT2D eigenvalue weighted by molar-refractivity contribution is -0.116. The molecule has 0 saturated carbocycles. The first-order valence-electron chi connectivity index (χ1n) is 6.75. The van der Waals surface area contributed by atoms with Crippen LogP contribution < -0.4 is 5.32 Å². The molecule has 0 aromatic carbocycles. The van der Waals surface area contributed by atoms with Gasteiger partial charge >= 0.3 is 0 Å². The van der Waals surface area contributed by atoms with E-state index in [0.717, 1.165) is 0 Å². The van der Waals surface area contributed by atoms with E-state index in [1.165, 1.54) is 0 Å². The van der Waals surface area contributed by atoms with Gasteiger partial charge in [0.25, 0.3) is 5.91 Å². The van der Waals surface area contributed by atoms with Crippen molar-refractivity contribution < 1.29 is 4.79 Å². The Balaban J connectivity index is -0.000000656. The van der Waals surface area contributed by atoms with Crippen LogP contribution in [-0.4, -0.2) is 5.91 Å². The number of carbonyl (C=O) groups is 1. The minimum Gasteiger partial charge on any atom is -0.322 e. The highest BCUT2D eigenvalue weighted by Crippen LogP contribution is 2.01. The molecule has 0 aliphatic rings. The summed E-state index contributed by atoms with van der Waals surface area (Å²) >= 11 is 0. The van der Waals surface area contributed by atoms with Crippen LogP contribution in [0.4, 0.5) is 0 Å². The number of rotatable bonds is 5. The molecule has 1 N–H and O–H groups in total. The second kappa shape index (κ2) is 19.3. The summed E-state index contributed by atoms with van der Waals surface area (Å²) in [4.78, 5) is 11.8. The van der Waals surface area contributed by atoms with Crippen molar-refractivity contribution in [1.82, 2.24) is 5.32 Å². The molecular formula is C18H29NO. The van der Waals surface area contributed by atoms with E-state index in [-0.39, 0.29) is 5.91 Å². The van der Waals surface area contributed by atoms with E-state index in [9.17, 15) is 4.79 Å². The van der Waals surface area contributed by atoms with Crippen molar-refractivity contribution in [2.45, 2.75) is 34.6 Å². The monoisotopic (exact) mass is 275 g/mol. The maximum absolute atomic E-state index is 11.8. The lowest BCUT2D eigenvalue weighted by Crippen LogP contribution is -2.22. The van der Waals surface area contributed by atoms with Crippen LogP contribution in [0.1, 0.15) is 34.6 Å². The van der Waals surface area contributed by atoms with Gasteiger partial charge in [-0.05, 0) is 32.9 Å². The van der Waals surface area contributed by atoms with Crippen LogP contribution in [0.3, 0.4) is 0 Å². The third-order valence-electron chi connectivity index (χ3n) is 1.87. The Labute approximate surface area is 125 Å². The highest BCUT2D eigenvalue weighted by molar-refractivity contribution is 5.97. The normalized spacial score (nSPS) is 11.2. The highest BCUT2D eigenvalue weighted by atomic mass is 16.1. The summed E-state index contributed by atoms with van der Waals surface area (Å²) in [6.45, 7) is 19.2. The minimum atomic E-state index is -0.135. The molecule has 0 spiro atoms. The molecule has 20 heavy (non-hydrogen) atoms. The minimum absolute atomic E-state index is 0.135. The lowest BCUT2D eigenvalue weighted by atomic mass is 10.2. The molecule has 0 fully saturated rings. The molecule has 2 heteroatoms. The molecule has 0 aliphatic heterocycles. The van der Waals surface area contributed by atoms with Gasteiger partial charge in [-0.25, -0.2) is 0 Å². The van der Waals surface area contributed by atoms with Crippen molar-refractivity contribution in [3.8, 4) is 0 Å². The third kappa shape index (κ3) is 12.4. The van der Waals surface area contributed by atoms with Crippen molar-refractivity contribution in [2.24, 2.45) is 0 Å². The summed E-state index contributed by atoms with van der Waals surface area (Å²) in [5.74, 6) is -0.135. The average Bonchev–Trinajstić information content (AvgIpc) is 2.52. The van der Waals surface area contributed by atoms with E-state index >= 15 is 0 Å². The lowest BCUT2D eigenvalue weighted by Gasteiger charge is -2.05. The van der Waals surface area contributed by atoms with Crippen LogP contribution in [0.5, 0.6) is 0 Å². The standard InChI is InChI=1S/C14H19NO.C2H6.C2H4/c1-5-9-11-12(10-6-2)14(16)15-13(7-3)8-4;2*1-2/h5-11H,3H2,1-2,4H3,(H,15,16);1-2H3;1-2H2/b9-5-,10-6-,12-11+,13-8+;;. The van der Waals surface area contributed by atoms with Crippen LogP contribution in [0.15, 0.2) is 73.5 Å². The fourth-order valence-corrected chi connectivity index (χ4v) is 1.03. The quantitative estimate of drug-likeness (QED) is 0.422. The maximum Gasteiger partial charge on any atom is 0.255 e. The maximum atomic E-state index is 11.8. The highest BCUT2D eigenvalue weighted by Gasteiger charge is 2.05. The van der Waals surface area contributed by atoms with Crippen molar-refractivity contribution in [3.63, 3.8) is 0 Å². The molecule has 2 nitrogen and oxygen atoms in total. The number of carbonyl (C=O) groups excluding carboxylic acids is 1. The smallest absolute Gasteiger partial charge is 0.255 e. The van der Waals surface area contributed by atoms with Crippen LogP contribution >= 0.6 is 0 Å². The summed E-state index contributed by atoms with van der Waals surface area (Å²) in [7, 11) is 0. The third-order valence-corrected chi connectivity index (χ3v) is 1.87. The van der Waals surface area contributed by atoms with Crippen LogP contribution in [0, 0.1) is 0 Å². The number of amides is 1. The molecular weight excluding hydrogens is 246 g/mol. The molecule has 0 radical (unpaired) electrons. The van der Waals surface area contributed by atoms with Crippen LogP contribution in [0.25, 0.3) is 0 Å². The van der Waals surface area contributed by atoms with E-state index in [4.69, 9.17) is 0 Å². The van der Waals surface area contributed by atoms with Gasteiger partial charge in [-0.1, -0.05) is 50.8 Å². The van der Waals surface area contributed by atoms with Crippen molar-refractivity contribution in [3.05, 3.63) is 73.5 Å². The average molecular weight is 275 g/mol. The molecule has 112 valence electrons. The number of hydrogen-bond donors (Lipinski definition) is 1. The Hall–Kier alpha value is -2.09. The first-order chi connectivity index (χ1) is 9.69. The topological polar surface area (TPSA) is 29.1 Å². The van der Waals surface area contributed by atoms with Crippen LogP contribution in [-0.2, 0) is 4.79 Å². The number of nitrogens with one attached hydrogen (secondary N) is 1. The summed E-state index contributed by atoms with van der Waals surface area (Å²) < 4.78 is 0. The fourth-order valence-electron chi connectivity index (χ4n) is 1.03. The summed E-state index contributed by atoms with van der Waals surface area (Å²) in [5, 5.41) is 2.76. The SMILES string of the molecule is C=C.C=C/C(=C\C)NC(=O)C(/C=C\C)=C/C=C\C.CC. The van der Waals surface area contributed by atoms with Crippen molar-refractivity contribution in [2.75, 3.05) is 0 Å². The predicted molar refractivity (Wildman–Crippen MR) is 92.4 cm³/mol. The number of hydrogen-bond acceptors (Lipinski definition) is 1. The molecule has 0 aromatic rings. The second-order valence-electron chi connectivity index (χ2n) is 3.05. The van der Waals surface area contributed by atoms with Crippen molar-refractivity contribution in [1.29, 1.82) is 0 Å². The van der Waals surface area contributed by atoms with E-state index in [2.05, 4.69) is 25.1 Å². The molecule has 0 heterocycles. The Bertz CT molecular complexity index is 371. The second-order valence-corrected chi connectivity index (χ2v) is 3.05. The summed E-state index contributed by atoms with van der Waals surface area (Å²) in [6, 6.07) is 0. The van der Waals surface area contributed by atoms with Gasteiger partial charge in [0.1, 0.15) is 0 Å². The predicted octanol–water partition coefficient (Wildman–Crippen LogP) is 5.10. The van der Waals surface area contributed by atoms with Gasteiger partial charge in [-0.15, -0.1) is 13.2 Å². The Kier molecular flexibility index (Phi) is 22.2. The first-order valence-corrected chi connectivity index (χ1v) is 6.75. The summed E-state index contributed by atoms with van der Waals surface area (Å²) in [6.07, 6.45) is 12.5. The molecule has 0 aromatic heterocycles. The zero-order chi connectivity index (χ0) is 16.4. The van der Waals surface area contributed by atoms with Gasteiger partial charge in [0, 0.05) is 11.3 Å². The molecule has 1 amide bonds. The molecule has 0 aliphatic carbocycles. The Morgan fingerprint density at radius 2 is 1.60 bits per heavy atom. The van der Waals surface area contributed by atoms with Gasteiger partial charge in [0.05, 0.1) is 0 Å². The van der Waals surface area contributed by atoms with Gasteiger partial charge in [0.15, 0.2) is 0 Å². The van der Waals surface area contributed by atoms with Crippen molar-refractivity contribution >= 4 is 5.91 Å². The van der Waals surface area contributed by atoms with E-state index in [1.54, 1.807) is 24.3 Å².